The van der Waals surface area contributed by atoms with Crippen molar-refractivity contribution in [3.63, 3.8) is 0 Å². The van der Waals surface area contributed by atoms with E-state index in [-0.39, 0.29) is 11.3 Å². The third-order valence-electron chi connectivity index (χ3n) is 1.74. The molecule has 0 aliphatic rings. The molecule has 0 aliphatic carbocycles. The third kappa shape index (κ3) is 4.20. The lowest BCUT2D eigenvalue weighted by atomic mass is 10.3. The van der Waals surface area contributed by atoms with Crippen LogP contribution in [0.2, 0.25) is 10.3 Å². The largest absolute Gasteiger partial charge is 0.365 e. The van der Waals surface area contributed by atoms with E-state index in [9.17, 15) is 0 Å². The summed E-state index contributed by atoms with van der Waals surface area (Å²) in [7, 11) is 4.01. The van der Waals surface area contributed by atoms with E-state index in [1.807, 2.05) is 21.0 Å². The Morgan fingerprint density at radius 1 is 1.47 bits per heavy atom. The SMILES string of the molecule is CC(CN(C)C)Nc1nc(Cl)ncc1Cl. The minimum atomic E-state index is 0.193. The molecule has 0 radical (unpaired) electrons. The molecule has 0 aliphatic heterocycles. The summed E-state index contributed by atoms with van der Waals surface area (Å²) in [6.07, 6.45) is 1.49. The lowest BCUT2D eigenvalue weighted by Gasteiger charge is -2.19. The van der Waals surface area contributed by atoms with Crippen molar-refractivity contribution in [2.45, 2.75) is 13.0 Å². The van der Waals surface area contributed by atoms with Gasteiger partial charge in [0.2, 0.25) is 5.28 Å². The number of nitrogens with zero attached hydrogens (tertiary/aromatic N) is 3. The Hall–Kier alpha value is -0.580. The monoisotopic (exact) mass is 248 g/mol. The second kappa shape index (κ2) is 5.49. The smallest absolute Gasteiger partial charge is 0.224 e. The zero-order valence-corrected chi connectivity index (χ0v) is 10.5. The van der Waals surface area contributed by atoms with Gasteiger partial charge in [-0.2, -0.15) is 4.98 Å². The highest BCUT2D eigenvalue weighted by molar-refractivity contribution is 6.33. The quantitative estimate of drug-likeness (QED) is 0.830. The van der Waals surface area contributed by atoms with Gasteiger partial charge >= 0.3 is 0 Å². The molecule has 6 heteroatoms. The number of aromatic nitrogens is 2. The Labute approximate surface area is 99.6 Å². The molecule has 84 valence electrons. The fourth-order valence-electron chi connectivity index (χ4n) is 1.27. The molecule has 0 saturated heterocycles. The highest BCUT2D eigenvalue weighted by atomic mass is 35.5. The Morgan fingerprint density at radius 3 is 2.73 bits per heavy atom. The zero-order valence-electron chi connectivity index (χ0n) is 8.96. The molecule has 0 fully saturated rings. The van der Waals surface area contributed by atoms with Crippen LogP contribution < -0.4 is 5.32 Å². The molecule has 1 heterocycles. The highest BCUT2D eigenvalue weighted by Crippen LogP contribution is 2.19. The maximum Gasteiger partial charge on any atom is 0.224 e. The molecule has 1 aromatic rings. The van der Waals surface area contributed by atoms with E-state index in [4.69, 9.17) is 23.2 Å². The Balaban J connectivity index is 2.67. The Bertz CT molecular complexity index is 330. The molecular formula is C9H14Cl2N4. The highest BCUT2D eigenvalue weighted by Gasteiger charge is 2.08. The standard InChI is InChI=1S/C9H14Cl2N4/c1-6(5-15(2)3)13-8-7(10)4-12-9(11)14-8/h4,6H,5H2,1-3H3,(H,12,13,14). The van der Waals surface area contributed by atoms with Gasteiger partial charge in [-0.3, -0.25) is 0 Å². The normalized spacial score (nSPS) is 12.9. The lowest BCUT2D eigenvalue weighted by Crippen LogP contribution is -2.30. The zero-order chi connectivity index (χ0) is 11.4. The van der Waals surface area contributed by atoms with E-state index in [2.05, 4.69) is 20.2 Å². The van der Waals surface area contributed by atoms with Gasteiger partial charge in [0.1, 0.15) is 10.8 Å². The number of likely N-dealkylation sites (N-methyl/N-ethyl adjacent to an activating group) is 1. The average molecular weight is 249 g/mol. The molecule has 0 saturated carbocycles. The fourth-order valence-corrected chi connectivity index (χ4v) is 1.55. The van der Waals surface area contributed by atoms with Gasteiger partial charge < -0.3 is 10.2 Å². The van der Waals surface area contributed by atoms with Crippen molar-refractivity contribution in [2.75, 3.05) is 26.0 Å². The van der Waals surface area contributed by atoms with Crippen LogP contribution in [0.4, 0.5) is 5.82 Å². The topological polar surface area (TPSA) is 41.0 Å². The maximum absolute atomic E-state index is 5.92. The molecule has 0 amide bonds. The van der Waals surface area contributed by atoms with E-state index in [0.717, 1.165) is 6.54 Å². The van der Waals surface area contributed by atoms with Crippen molar-refractivity contribution in [3.8, 4) is 0 Å². The van der Waals surface area contributed by atoms with Crippen molar-refractivity contribution in [1.29, 1.82) is 0 Å². The van der Waals surface area contributed by atoms with E-state index >= 15 is 0 Å². The van der Waals surface area contributed by atoms with Crippen LogP contribution in [0.1, 0.15) is 6.92 Å². The summed E-state index contributed by atoms with van der Waals surface area (Å²) in [6, 6.07) is 0.239. The number of halogens is 2. The van der Waals surface area contributed by atoms with Gasteiger partial charge in [0.25, 0.3) is 0 Å². The van der Waals surface area contributed by atoms with Crippen LogP contribution >= 0.6 is 23.2 Å². The van der Waals surface area contributed by atoms with Crippen LogP contribution in [-0.2, 0) is 0 Å². The number of nitrogens with one attached hydrogen (secondary N) is 1. The summed E-state index contributed by atoms with van der Waals surface area (Å²) in [4.78, 5) is 9.87. The molecule has 1 N–H and O–H groups in total. The molecule has 1 unspecified atom stereocenters. The molecule has 1 aromatic heterocycles. The van der Waals surface area contributed by atoms with E-state index in [1.165, 1.54) is 6.20 Å². The summed E-state index contributed by atoms with van der Waals surface area (Å²) in [5.74, 6) is 0.575. The Morgan fingerprint density at radius 2 is 2.13 bits per heavy atom. The molecule has 4 nitrogen and oxygen atoms in total. The fraction of sp³-hybridized carbons (Fsp3) is 0.556. The predicted molar refractivity (Wildman–Crippen MR) is 63.7 cm³/mol. The summed E-state index contributed by atoms with van der Waals surface area (Å²) in [5.41, 5.74) is 0. The summed E-state index contributed by atoms with van der Waals surface area (Å²) in [5, 5.41) is 3.84. The molecule has 15 heavy (non-hydrogen) atoms. The first-order valence-corrected chi connectivity index (χ1v) is 5.34. The molecule has 1 atom stereocenters. The first kappa shape index (κ1) is 12.5. The molecule has 0 aromatic carbocycles. The minimum absolute atomic E-state index is 0.193. The summed E-state index contributed by atoms with van der Waals surface area (Å²) >= 11 is 11.6. The minimum Gasteiger partial charge on any atom is -0.365 e. The molecule has 0 bridgehead atoms. The van der Waals surface area contributed by atoms with Crippen LogP contribution in [0.3, 0.4) is 0 Å². The van der Waals surface area contributed by atoms with Gasteiger partial charge in [0.05, 0.1) is 6.20 Å². The van der Waals surface area contributed by atoms with E-state index in [0.29, 0.717) is 10.8 Å². The van der Waals surface area contributed by atoms with Crippen LogP contribution in [0, 0.1) is 0 Å². The average Bonchev–Trinajstić information content (AvgIpc) is 2.10. The van der Waals surface area contributed by atoms with Crippen molar-refractivity contribution >= 4 is 29.0 Å². The maximum atomic E-state index is 5.92. The number of hydrogen-bond donors (Lipinski definition) is 1. The van der Waals surface area contributed by atoms with E-state index in [1.54, 1.807) is 0 Å². The van der Waals surface area contributed by atoms with Crippen LogP contribution in [0.5, 0.6) is 0 Å². The van der Waals surface area contributed by atoms with Crippen molar-refractivity contribution in [1.82, 2.24) is 14.9 Å². The first-order chi connectivity index (χ1) is 6.99. The first-order valence-electron chi connectivity index (χ1n) is 4.58. The van der Waals surface area contributed by atoms with Crippen LogP contribution in [0.25, 0.3) is 0 Å². The number of rotatable bonds is 4. The van der Waals surface area contributed by atoms with Gasteiger partial charge in [0, 0.05) is 12.6 Å². The van der Waals surface area contributed by atoms with Gasteiger partial charge in [-0.15, -0.1) is 0 Å². The predicted octanol–water partition coefficient (Wildman–Crippen LogP) is 2.15. The molecular weight excluding hydrogens is 235 g/mol. The van der Waals surface area contributed by atoms with Gasteiger partial charge in [0.15, 0.2) is 0 Å². The van der Waals surface area contributed by atoms with E-state index < -0.39 is 0 Å². The second-order valence-electron chi connectivity index (χ2n) is 3.64. The van der Waals surface area contributed by atoms with Crippen LogP contribution in [-0.4, -0.2) is 41.5 Å². The van der Waals surface area contributed by atoms with Gasteiger partial charge in [-0.05, 0) is 32.6 Å². The van der Waals surface area contributed by atoms with Crippen molar-refractivity contribution < 1.29 is 0 Å². The second-order valence-corrected chi connectivity index (χ2v) is 4.39. The molecule has 0 spiro atoms. The van der Waals surface area contributed by atoms with Gasteiger partial charge in [-0.1, -0.05) is 11.6 Å². The lowest BCUT2D eigenvalue weighted by molar-refractivity contribution is 0.392. The van der Waals surface area contributed by atoms with Crippen LogP contribution in [0.15, 0.2) is 6.20 Å². The summed E-state index contributed by atoms with van der Waals surface area (Å²) < 4.78 is 0. The number of anilines is 1. The van der Waals surface area contributed by atoms with Gasteiger partial charge in [-0.25, -0.2) is 4.98 Å². The number of hydrogen-bond acceptors (Lipinski definition) is 4. The van der Waals surface area contributed by atoms with Crippen molar-refractivity contribution in [3.05, 3.63) is 16.5 Å². The third-order valence-corrected chi connectivity index (χ3v) is 2.20. The Kier molecular flexibility index (Phi) is 4.57. The van der Waals surface area contributed by atoms with Crippen molar-refractivity contribution in [2.24, 2.45) is 0 Å². The summed E-state index contributed by atoms with van der Waals surface area (Å²) in [6.45, 7) is 2.93. The molecule has 1 rings (SSSR count).